The van der Waals surface area contributed by atoms with Crippen LogP contribution in [-0.2, 0) is 20.0 Å². The van der Waals surface area contributed by atoms with Gasteiger partial charge in [-0.3, -0.25) is 9.89 Å². The molecule has 0 aliphatic carbocycles. The monoisotopic (exact) mass is 416 g/mol. The predicted octanol–water partition coefficient (Wildman–Crippen LogP) is 1.98. The Bertz CT molecular complexity index is 1260. The maximum Gasteiger partial charge on any atom is 0.291 e. The van der Waals surface area contributed by atoms with Gasteiger partial charge in [-0.25, -0.2) is 9.67 Å². The third-order valence-corrected chi connectivity index (χ3v) is 5.74. The Morgan fingerprint density at radius 2 is 2.32 bits per heavy atom. The molecule has 0 aliphatic heterocycles. The summed E-state index contributed by atoms with van der Waals surface area (Å²) < 4.78 is 3.94. The standard InChI is InChI=1S/C17H17ClN8OS/c1-20-7-11(18)12(19)8-26-17(27)14-10(6-22-26)15-16(25(14)2)23-13(28-15)5-9-3-4-21-24-9/h3-4,6-7,19-20H,5,8H2,1-2H3,(H,21,24)/b11-7+,19-12?. The molecular formula is C17H17ClN8OS. The van der Waals surface area contributed by atoms with Crippen molar-refractivity contribution in [3.63, 3.8) is 0 Å². The molecule has 4 aromatic rings. The minimum Gasteiger partial charge on any atom is -0.393 e. The van der Waals surface area contributed by atoms with Crippen molar-refractivity contribution in [2.45, 2.75) is 13.0 Å². The van der Waals surface area contributed by atoms with Gasteiger partial charge in [-0.2, -0.15) is 10.2 Å². The molecule has 3 N–H and O–H groups in total. The number of rotatable bonds is 6. The number of fused-ring (bicyclic) bond motifs is 3. The number of H-pyrrole nitrogens is 1. The maximum atomic E-state index is 12.9. The van der Waals surface area contributed by atoms with E-state index in [9.17, 15) is 4.79 Å². The van der Waals surface area contributed by atoms with Crippen molar-refractivity contribution in [3.05, 3.63) is 50.7 Å². The fourth-order valence-electron chi connectivity index (χ4n) is 3.00. The molecule has 28 heavy (non-hydrogen) atoms. The third kappa shape index (κ3) is 3.10. The molecule has 0 unspecified atom stereocenters. The zero-order chi connectivity index (χ0) is 19.8. The summed E-state index contributed by atoms with van der Waals surface area (Å²) in [5.74, 6) is 0. The molecule has 11 heteroatoms. The van der Waals surface area contributed by atoms with Crippen molar-refractivity contribution in [1.82, 2.24) is 34.8 Å². The summed E-state index contributed by atoms with van der Waals surface area (Å²) in [6, 6.07) is 1.91. The smallest absolute Gasteiger partial charge is 0.291 e. The van der Waals surface area contributed by atoms with Gasteiger partial charge in [0.05, 0.1) is 33.9 Å². The molecule has 0 aromatic carbocycles. The fourth-order valence-corrected chi connectivity index (χ4v) is 4.29. The summed E-state index contributed by atoms with van der Waals surface area (Å²) in [7, 11) is 3.50. The molecule has 4 aromatic heterocycles. The SMILES string of the molecule is CN/C=C(/Cl)C(=N)Cn1ncc2c3sc(Cc4cc[nH]n4)nc3n(C)c2c1=O. The lowest BCUT2D eigenvalue weighted by molar-refractivity contribution is 0.674. The lowest BCUT2D eigenvalue weighted by atomic mass is 10.3. The van der Waals surface area contributed by atoms with Gasteiger partial charge >= 0.3 is 0 Å². The zero-order valence-electron chi connectivity index (χ0n) is 15.2. The lowest BCUT2D eigenvalue weighted by Gasteiger charge is -2.06. The van der Waals surface area contributed by atoms with Crippen LogP contribution in [0.2, 0.25) is 0 Å². The van der Waals surface area contributed by atoms with Crippen molar-refractivity contribution in [2.24, 2.45) is 7.05 Å². The average Bonchev–Trinajstić information content (AvgIpc) is 3.37. The Morgan fingerprint density at radius 1 is 1.50 bits per heavy atom. The Hall–Kier alpha value is -2.98. The highest BCUT2D eigenvalue weighted by Gasteiger charge is 2.19. The number of nitrogens with zero attached hydrogens (tertiary/aromatic N) is 5. The van der Waals surface area contributed by atoms with Crippen LogP contribution in [0.1, 0.15) is 10.7 Å². The second kappa shape index (κ2) is 7.21. The number of thiazole rings is 1. The first-order valence-corrected chi connectivity index (χ1v) is 9.62. The molecule has 0 aliphatic rings. The molecule has 9 nitrogen and oxygen atoms in total. The summed E-state index contributed by atoms with van der Waals surface area (Å²) in [6.07, 6.45) is 5.55. The van der Waals surface area contributed by atoms with Crippen LogP contribution in [0.15, 0.2) is 34.5 Å². The van der Waals surface area contributed by atoms with Crippen molar-refractivity contribution in [2.75, 3.05) is 7.05 Å². The molecule has 0 radical (unpaired) electrons. The fraction of sp³-hybridized carbons (Fsp3) is 0.235. The van der Waals surface area contributed by atoms with Crippen LogP contribution in [-0.4, -0.2) is 42.3 Å². The van der Waals surface area contributed by atoms with Crippen LogP contribution in [0, 0.1) is 5.41 Å². The quantitative estimate of drug-likeness (QED) is 0.415. The minimum absolute atomic E-state index is 0.0115. The van der Waals surface area contributed by atoms with Gasteiger partial charge in [-0.1, -0.05) is 11.6 Å². The average molecular weight is 417 g/mol. The third-order valence-electron chi connectivity index (χ3n) is 4.33. The molecule has 4 heterocycles. The van der Waals surface area contributed by atoms with Crippen molar-refractivity contribution < 1.29 is 0 Å². The van der Waals surface area contributed by atoms with E-state index in [1.165, 1.54) is 22.2 Å². The number of hydrogen-bond acceptors (Lipinski definition) is 7. The first-order valence-electron chi connectivity index (χ1n) is 8.43. The Kier molecular flexibility index (Phi) is 4.73. The summed E-state index contributed by atoms with van der Waals surface area (Å²) in [5, 5.41) is 23.9. The van der Waals surface area contributed by atoms with E-state index in [4.69, 9.17) is 17.0 Å². The van der Waals surface area contributed by atoms with E-state index in [1.807, 2.05) is 13.1 Å². The van der Waals surface area contributed by atoms with Gasteiger partial charge in [-0.05, 0) is 6.07 Å². The Morgan fingerprint density at radius 3 is 3.04 bits per heavy atom. The molecule has 0 saturated carbocycles. The van der Waals surface area contributed by atoms with Gasteiger partial charge in [0.25, 0.3) is 5.56 Å². The summed E-state index contributed by atoms with van der Waals surface area (Å²) in [5.41, 5.74) is 1.98. The highest BCUT2D eigenvalue weighted by atomic mass is 35.5. The van der Waals surface area contributed by atoms with E-state index in [1.54, 1.807) is 24.0 Å². The van der Waals surface area contributed by atoms with E-state index in [-0.39, 0.29) is 22.8 Å². The molecule has 0 amide bonds. The molecule has 4 rings (SSSR count). The van der Waals surface area contributed by atoms with Gasteiger partial charge in [-0.15, -0.1) is 11.3 Å². The predicted molar refractivity (Wildman–Crippen MR) is 110 cm³/mol. The van der Waals surface area contributed by atoms with Crippen LogP contribution in [0.5, 0.6) is 0 Å². The van der Waals surface area contributed by atoms with Crippen LogP contribution >= 0.6 is 22.9 Å². The van der Waals surface area contributed by atoms with Crippen LogP contribution in [0.25, 0.3) is 21.3 Å². The highest BCUT2D eigenvalue weighted by Crippen LogP contribution is 2.31. The van der Waals surface area contributed by atoms with Gasteiger partial charge in [0.1, 0.15) is 10.5 Å². The molecular weight excluding hydrogens is 400 g/mol. The molecule has 144 valence electrons. The lowest BCUT2D eigenvalue weighted by Crippen LogP contribution is -2.27. The van der Waals surface area contributed by atoms with E-state index in [0.717, 1.165) is 26.4 Å². The topological polar surface area (TPSA) is 117 Å². The maximum absolute atomic E-state index is 12.9. The molecule has 0 saturated heterocycles. The Balaban J connectivity index is 1.75. The largest absolute Gasteiger partial charge is 0.393 e. The van der Waals surface area contributed by atoms with E-state index >= 15 is 0 Å². The summed E-state index contributed by atoms with van der Waals surface area (Å²) in [6.45, 7) is -0.0115. The number of aromatic nitrogens is 6. The van der Waals surface area contributed by atoms with E-state index in [2.05, 4.69) is 25.6 Å². The molecule has 0 fully saturated rings. The minimum atomic E-state index is -0.280. The Labute approximate surface area is 168 Å². The van der Waals surface area contributed by atoms with Crippen LogP contribution < -0.4 is 10.9 Å². The number of nitrogens with one attached hydrogen (secondary N) is 3. The normalized spacial score (nSPS) is 12.2. The van der Waals surface area contributed by atoms with Gasteiger partial charge < -0.3 is 15.3 Å². The van der Waals surface area contributed by atoms with Crippen molar-refractivity contribution in [1.29, 1.82) is 5.41 Å². The first-order chi connectivity index (χ1) is 13.5. The summed E-state index contributed by atoms with van der Waals surface area (Å²) >= 11 is 7.55. The zero-order valence-corrected chi connectivity index (χ0v) is 16.7. The van der Waals surface area contributed by atoms with E-state index < -0.39 is 0 Å². The van der Waals surface area contributed by atoms with Crippen molar-refractivity contribution >= 4 is 49.9 Å². The van der Waals surface area contributed by atoms with Crippen molar-refractivity contribution in [3.8, 4) is 0 Å². The second-order valence-corrected chi connectivity index (χ2v) is 7.68. The number of hydrogen-bond donors (Lipinski definition) is 3. The molecule has 0 spiro atoms. The molecule has 0 bridgehead atoms. The van der Waals surface area contributed by atoms with E-state index in [0.29, 0.717) is 11.9 Å². The van der Waals surface area contributed by atoms with Gasteiger partial charge in [0.15, 0.2) is 5.65 Å². The van der Waals surface area contributed by atoms with Crippen LogP contribution in [0.4, 0.5) is 0 Å². The number of halogens is 1. The first kappa shape index (κ1) is 18.4. The van der Waals surface area contributed by atoms with Crippen LogP contribution in [0.3, 0.4) is 0 Å². The number of aromatic amines is 1. The second-order valence-electron chi connectivity index (χ2n) is 6.19. The summed E-state index contributed by atoms with van der Waals surface area (Å²) in [4.78, 5) is 17.6. The number of aryl methyl sites for hydroxylation is 1. The molecule has 0 atom stereocenters. The highest BCUT2D eigenvalue weighted by molar-refractivity contribution is 7.19. The van der Waals surface area contributed by atoms with Gasteiger partial charge in [0.2, 0.25) is 0 Å². The number of allylic oxidation sites excluding steroid dienone is 1. The van der Waals surface area contributed by atoms with Gasteiger partial charge in [0, 0.05) is 38.3 Å².